The Balaban J connectivity index is 1.93. The zero-order valence-electron chi connectivity index (χ0n) is 14.9. The monoisotopic (exact) mass is 375 g/mol. The molecule has 1 aromatic rings. The molecule has 0 unspecified atom stereocenters. The number of anilines is 1. The second kappa shape index (κ2) is 10.1. The summed E-state index contributed by atoms with van der Waals surface area (Å²) in [5.41, 5.74) is 0.164. The Kier molecular flexibility index (Phi) is 7.54. The van der Waals surface area contributed by atoms with Gasteiger partial charge in [0.2, 0.25) is 0 Å². The van der Waals surface area contributed by atoms with Gasteiger partial charge in [0, 0.05) is 38.4 Å². The molecule has 2 rings (SSSR count). The second-order valence-corrected chi connectivity index (χ2v) is 5.67. The Morgan fingerprint density at radius 3 is 2.85 bits per heavy atom. The van der Waals surface area contributed by atoms with Crippen molar-refractivity contribution >= 4 is 17.3 Å². The quantitative estimate of drug-likeness (QED) is 0.296. The van der Waals surface area contributed by atoms with Crippen molar-refractivity contribution < 1.29 is 19.2 Å². The number of nitro groups is 1. The first-order valence-corrected chi connectivity index (χ1v) is 8.32. The molecule has 1 aliphatic heterocycles. The highest BCUT2D eigenvalue weighted by Gasteiger charge is 2.14. The smallest absolute Gasteiger partial charge is 0.273 e. The van der Waals surface area contributed by atoms with Crippen molar-refractivity contribution in [2.45, 2.75) is 0 Å². The summed E-state index contributed by atoms with van der Waals surface area (Å²) < 4.78 is 10.4. The average molecular weight is 375 g/mol. The van der Waals surface area contributed by atoms with E-state index in [0.29, 0.717) is 32.0 Å². The fraction of sp³-hybridized carbons (Fsp3) is 0.412. The van der Waals surface area contributed by atoms with Crippen LogP contribution in [0, 0.1) is 21.4 Å². The molecule has 1 aliphatic rings. The number of nitrogens with one attached hydrogen (secondary N) is 2. The number of hydrogen-bond acceptors (Lipinski definition) is 8. The van der Waals surface area contributed by atoms with Gasteiger partial charge < -0.3 is 20.1 Å². The summed E-state index contributed by atoms with van der Waals surface area (Å²) >= 11 is 0. The van der Waals surface area contributed by atoms with Crippen LogP contribution >= 0.6 is 0 Å². The zero-order chi connectivity index (χ0) is 19.6. The van der Waals surface area contributed by atoms with Crippen LogP contribution in [0.15, 0.2) is 30.0 Å². The highest BCUT2D eigenvalue weighted by atomic mass is 16.6. The topological polar surface area (TPSA) is 130 Å². The molecule has 1 heterocycles. The summed E-state index contributed by atoms with van der Waals surface area (Å²) in [5, 5.41) is 25.5. The van der Waals surface area contributed by atoms with Crippen LogP contribution in [0.2, 0.25) is 0 Å². The first-order chi connectivity index (χ1) is 13.0. The predicted molar refractivity (Wildman–Crippen MR) is 97.2 cm³/mol. The number of benzene rings is 1. The van der Waals surface area contributed by atoms with E-state index in [2.05, 4.69) is 15.5 Å². The lowest BCUT2D eigenvalue weighted by molar-refractivity contribution is -0.384. The minimum atomic E-state index is -0.537. The number of carbonyl (C=O) groups is 1. The average Bonchev–Trinajstić information content (AvgIpc) is 2.69. The van der Waals surface area contributed by atoms with E-state index in [1.807, 2.05) is 6.07 Å². The molecule has 0 spiro atoms. The third kappa shape index (κ3) is 5.95. The number of non-ortho nitro benzene ring substituents is 1. The molecule has 1 fully saturated rings. The zero-order valence-corrected chi connectivity index (χ0v) is 14.9. The fourth-order valence-electron chi connectivity index (χ4n) is 2.46. The molecular weight excluding hydrogens is 354 g/mol. The van der Waals surface area contributed by atoms with E-state index in [0.717, 1.165) is 13.1 Å². The van der Waals surface area contributed by atoms with Gasteiger partial charge in [-0.15, -0.1) is 0 Å². The molecule has 1 aromatic carbocycles. The summed E-state index contributed by atoms with van der Waals surface area (Å²) in [7, 11) is 1.37. The van der Waals surface area contributed by atoms with E-state index in [1.165, 1.54) is 31.5 Å². The van der Waals surface area contributed by atoms with E-state index < -0.39 is 10.8 Å². The number of nitrogens with zero attached hydrogens (tertiary/aromatic N) is 3. The SMILES string of the molecule is COc1cc([N+](=O)[O-])ccc1N/C=C(/C#N)C(=O)NCCN1CCOCC1. The lowest BCUT2D eigenvalue weighted by atomic mass is 10.2. The summed E-state index contributed by atoms with van der Waals surface area (Å²) in [6.45, 7) is 4.09. The van der Waals surface area contributed by atoms with Gasteiger partial charge in [0.25, 0.3) is 11.6 Å². The summed E-state index contributed by atoms with van der Waals surface area (Å²) in [4.78, 5) is 24.6. The molecule has 2 N–H and O–H groups in total. The maximum atomic E-state index is 12.1. The highest BCUT2D eigenvalue weighted by molar-refractivity contribution is 5.97. The molecule has 0 saturated carbocycles. The number of nitro benzene ring substituents is 1. The second-order valence-electron chi connectivity index (χ2n) is 5.67. The molecular formula is C17H21N5O5. The Morgan fingerprint density at radius 2 is 2.22 bits per heavy atom. The number of hydrogen-bond donors (Lipinski definition) is 2. The van der Waals surface area contributed by atoms with Crippen molar-refractivity contribution in [3.63, 3.8) is 0 Å². The maximum absolute atomic E-state index is 12.1. The number of carbonyl (C=O) groups excluding carboxylic acids is 1. The first kappa shape index (κ1) is 20.2. The third-order valence-electron chi connectivity index (χ3n) is 3.95. The van der Waals surface area contributed by atoms with E-state index >= 15 is 0 Å². The van der Waals surface area contributed by atoms with E-state index in [1.54, 1.807) is 0 Å². The predicted octanol–water partition coefficient (Wildman–Crippen LogP) is 0.871. The lowest BCUT2D eigenvalue weighted by Crippen LogP contribution is -2.41. The van der Waals surface area contributed by atoms with Gasteiger partial charge in [0.15, 0.2) is 0 Å². The molecule has 10 heteroatoms. The van der Waals surface area contributed by atoms with Gasteiger partial charge >= 0.3 is 0 Å². The van der Waals surface area contributed by atoms with E-state index in [-0.39, 0.29) is 17.0 Å². The van der Waals surface area contributed by atoms with Crippen LogP contribution in [0.25, 0.3) is 0 Å². The molecule has 0 atom stereocenters. The Bertz CT molecular complexity index is 753. The standard InChI is InChI=1S/C17H21N5O5/c1-26-16-10-14(22(24)25)2-3-15(16)20-12-13(11-18)17(23)19-4-5-21-6-8-27-9-7-21/h2-3,10,12,20H,4-9H2,1H3,(H,19,23)/b13-12-. The van der Waals surface area contributed by atoms with Crippen LogP contribution in [0.1, 0.15) is 0 Å². The number of morpholine rings is 1. The third-order valence-corrected chi connectivity index (χ3v) is 3.95. The van der Waals surface area contributed by atoms with Crippen LogP contribution in [0.4, 0.5) is 11.4 Å². The van der Waals surface area contributed by atoms with Crippen molar-refractivity contribution in [3.05, 3.63) is 40.1 Å². The van der Waals surface area contributed by atoms with E-state index in [9.17, 15) is 20.2 Å². The van der Waals surface area contributed by atoms with Gasteiger partial charge in [-0.25, -0.2) is 0 Å². The molecule has 0 aliphatic carbocycles. The Morgan fingerprint density at radius 1 is 1.48 bits per heavy atom. The molecule has 0 radical (unpaired) electrons. The molecule has 0 aromatic heterocycles. The lowest BCUT2D eigenvalue weighted by Gasteiger charge is -2.26. The number of nitriles is 1. The van der Waals surface area contributed by atoms with Gasteiger partial charge in [-0.2, -0.15) is 5.26 Å². The van der Waals surface area contributed by atoms with Crippen molar-refractivity contribution in [2.75, 3.05) is 51.8 Å². The van der Waals surface area contributed by atoms with Gasteiger partial charge in [0.05, 0.1) is 37.0 Å². The normalized spacial score (nSPS) is 14.9. The number of methoxy groups -OCH3 is 1. The summed E-state index contributed by atoms with van der Waals surface area (Å²) in [6.07, 6.45) is 1.24. The molecule has 144 valence electrons. The van der Waals surface area contributed by atoms with Gasteiger partial charge in [-0.3, -0.25) is 19.8 Å². The molecule has 27 heavy (non-hydrogen) atoms. The Labute approximate surface area is 156 Å². The van der Waals surface area contributed by atoms with Crippen molar-refractivity contribution in [3.8, 4) is 11.8 Å². The largest absolute Gasteiger partial charge is 0.494 e. The number of ether oxygens (including phenoxy) is 2. The van der Waals surface area contributed by atoms with Crippen molar-refractivity contribution in [1.29, 1.82) is 5.26 Å². The van der Waals surface area contributed by atoms with E-state index in [4.69, 9.17) is 9.47 Å². The molecule has 0 bridgehead atoms. The van der Waals surface area contributed by atoms with Crippen LogP contribution in [-0.4, -0.2) is 62.2 Å². The van der Waals surface area contributed by atoms with Crippen LogP contribution in [0.3, 0.4) is 0 Å². The molecule has 10 nitrogen and oxygen atoms in total. The van der Waals surface area contributed by atoms with Crippen molar-refractivity contribution in [1.82, 2.24) is 10.2 Å². The first-order valence-electron chi connectivity index (χ1n) is 8.32. The maximum Gasteiger partial charge on any atom is 0.273 e. The van der Waals surface area contributed by atoms with Crippen molar-refractivity contribution in [2.24, 2.45) is 0 Å². The van der Waals surface area contributed by atoms with Crippen LogP contribution in [-0.2, 0) is 9.53 Å². The minimum Gasteiger partial charge on any atom is -0.494 e. The fourth-order valence-corrected chi connectivity index (χ4v) is 2.46. The van der Waals surface area contributed by atoms with Gasteiger partial charge in [-0.1, -0.05) is 0 Å². The Hall–Kier alpha value is -3.16. The highest BCUT2D eigenvalue weighted by Crippen LogP contribution is 2.29. The number of rotatable bonds is 8. The van der Waals surface area contributed by atoms with Crippen LogP contribution < -0.4 is 15.4 Å². The number of amides is 1. The van der Waals surface area contributed by atoms with Gasteiger partial charge in [0.1, 0.15) is 17.4 Å². The van der Waals surface area contributed by atoms with Crippen LogP contribution in [0.5, 0.6) is 5.75 Å². The molecule has 1 amide bonds. The summed E-state index contributed by atoms with van der Waals surface area (Å²) in [5.74, 6) is -0.274. The molecule has 1 saturated heterocycles. The minimum absolute atomic E-state index is 0.114. The summed E-state index contributed by atoms with van der Waals surface area (Å²) in [6, 6.07) is 5.83. The van der Waals surface area contributed by atoms with Gasteiger partial charge in [-0.05, 0) is 6.07 Å².